The number of hydrogen-bond acceptors (Lipinski definition) is 7. The van der Waals surface area contributed by atoms with E-state index in [2.05, 4.69) is 31.5 Å². The number of anilines is 2. The molecule has 0 aliphatic heterocycles. The first kappa shape index (κ1) is 25.3. The Morgan fingerprint density at radius 1 is 1.03 bits per heavy atom. The number of amides is 2. The van der Waals surface area contributed by atoms with E-state index in [1.807, 2.05) is 18.2 Å². The Morgan fingerprint density at radius 3 is 2.57 bits per heavy atom. The van der Waals surface area contributed by atoms with E-state index in [0.717, 1.165) is 19.0 Å². The fourth-order valence-corrected chi connectivity index (χ4v) is 5.76. The van der Waals surface area contributed by atoms with Gasteiger partial charge in [0.15, 0.2) is 15.8 Å². The summed E-state index contributed by atoms with van der Waals surface area (Å²) in [5, 5.41) is 6.15. The van der Waals surface area contributed by atoms with Crippen LogP contribution < -0.4 is 20.1 Å². The molecule has 4 rings (SSSR count). The molecular formula is C24H19BrClN3O4S2. The van der Waals surface area contributed by atoms with E-state index in [4.69, 9.17) is 21.1 Å². The number of rotatable bonds is 8. The molecule has 0 bridgehead atoms. The SMILES string of the molecule is COc1ccc(C(=O)Nc2ccc3nc(SCC(=O)Nc4ccc(Br)cc4Cl)sc3c2)cc1OC. The third-order valence-electron chi connectivity index (χ3n) is 4.80. The maximum absolute atomic E-state index is 12.7. The summed E-state index contributed by atoms with van der Waals surface area (Å²) in [7, 11) is 3.06. The molecule has 0 aliphatic carbocycles. The van der Waals surface area contributed by atoms with Gasteiger partial charge in [0, 0.05) is 15.7 Å². The predicted octanol–water partition coefficient (Wildman–Crippen LogP) is 6.71. The van der Waals surface area contributed by atoms with E-state index in [0.29, 0.717) is 33.5 Å². The number of thioether (sulfide) groups is 1. The van der Waals surface area contributed by atoms with Gasteiger partial charge in [-0.25, -0.2) is 4.98 Å². The van der Waals surface area contributed by atoms with Crippen LogP contribution in [0.4, 0.5) is 11.4 Å². The molecule has 1 heterocycles. The van der Waals surface area contributed by atoms with Crippen molar-refractivity contribution in [1.29, 1.82) is 0 Å². The normalized spacial score (nSPS) is 10.7. The number of ether oxygens (including phenoxy) is 2. The summed E-state index contributed by atoms with van der Waals surface area (Å²) in [5.41, 5.74) is 2.43. The molecule has 2 amide bonds. The maximum atomic E-state index is 12.7. The van der Waals surface area contributed by atoms with E-state index in [-0.39, 0.29) is 17.6 Å². The molecule has 0 atom stereocenters. The average Bonchev–Trinajstić information content (AvgIpc) is 3.26. The Balaban J connectivity index is 1.40. The second kappa shape index (κ2) is 11.3. The number of thiazole rings is 1. The topological polar surface area (TPSA) is 89.5 Å². The van der Waals surface area contributed by atoms with Gasteiger partial charge in [-0.2, -0.15) is 0 Å². The molecule has 0 saturated carbocycles. The number of benzene rings is 3. The Morgan fingerprint density at radius 2 is 1.83 bits per heavy atom. The zero-order chi connectivity index (χ0) is 24.9. The molecular weight excluding hydrogens is 574 g/mol. The van der Waals surface area contributed by atoms with Crippen molar-refractivity contribution in [3.8, 4) is 11.5 Å². The molecule has 0 fully saturated rings. The molecule has 180 valence electrons. The number of aromatic nitrogens is 1. The smallest absolute Gasteiger partial charge is 0.255 e. The number of methoxy groups -OCH3 is 2. The Hall–Kier alpha value is -2.79. The number of nitrogens with zero attached hydrogens (tertiary/aromatic N) is 1. The van der Waals surface area contributed by atoms with Gasteiger partial charge < -0.3 is 20.1 Å². The van der Waals surface area contributed by atoms with E-state index in [1.165, 1.54) is 30.2 Å². The van der Waals surface area contributed by atoms with Crippen LogP contribution in [0.15, 0.2) is 63.4 Å². The fourth-order valence-electron chi connectivity index (χ4n) is 3.13. The van der Waals surface area contributed by atoms with Gasteiger partial charge in [-0.15, -0.1) is 11.3 Å². The lowest BCUT2D eigenvalue weighted by Crippen LogP contribution is -2.14. The summed E-state index contributed by atoms with van der Waals surface area (Å²) in [6.07, 6.45) is 0. The first-order chi connectivity index (χ1) is 16.9. The van der Waals surface area contributed by atoms with Crippen LogP contribution >= 0.6 is 50.6 Å². The summed E-state index contributed by atoms with van der Waals surface area (Å²) < 4.78 is 13.0. The number of nitrogens with one attached hydrogen (secondary N) is 2. The summed E-state index contributed by atoms with van der Waals surface area (Å²) in [6.45, 7) is 0. The van der Waals surface area contributed by atoms with Crippen LogP contribution in [-0.4, -0.2) is 36.8 Å². The van der Waals surface area contributed by atoms with Crippen LogP contribution in [0.3, 0.4) is 0 Å². The zero-order valence-electron chi connectivity index (χ0n) is 18.6. The molecule has 4 aromatic rings. The lowest BCUT2D eigenvalue weighted by molar-refractivity contribution is -0.113. The van der Waals surface area contributed by atoms with Gasteiger partial charge >= 0.3 is 0 Å². The summed E-state index contributed by atoms with van der Waals surface area (Å²) in [6, 6.07) is 15.7. The van der Waals surface area contributed by atoms with Gasteiger partial charge in [-0.1, -0.05) is 39.3 Å². The molecule has 0 radical (unpaired) electrons. The van der Waals surface area contributed by atoms with Gasteiger partial charge in [0.1, 0.15) is 0 Å². The highest BCUT2D eigenvalue weighted by molar-refractivity contribution is 9.10. The molecule has 0 spiro atoms. The minimum absolute atomic E-state index is 0.179. The van der Waals surface area contributed by atoms with Crippen molar-refractivity contribution in [2.24, 2.45) is 0 Å². The van der Waals surface area contributed by atoms with Gasteiger partial charge in [0.25, 0.3) is 5.91 Å². The summed E-state index contributed by atoms with van der Waals surface area (Å²) in [5.74, 6) is 0.767. The molecule has 3 aromatic carbocycles. The average molecular weight is 593 g/mol. The van der Waals surface area contributed by atoms with Crippen molar-refractivity contribution in [3.05, 3.63) is 69.7 Å². The van der Waals surface area contributed by atoms with Crippen molar-refractivity contribution in [2.75, 3.05) is 30.6 Å². The van der Waals surface area contributed by atoms with Crippen molar-refractivity contribution in [3.63, 3.8) is 0 Å². The molecule has 0 aliphatic rings. The number of hydrogen-bond donors (Lipinski definition) is 2. The van der Waals surface area contributed by atoms with E-state index >= 15 is 0 Å². The minimum Gasteiger partial charge on any atom is -0.493 e. The van der Waals surface area contributed by atoms with Crippen LogP contribution in [0, 0.1) is 0 Å². The highest BCUT2D eigenvalue weighted by Gasteiger charge is 2.13. The van der Waals surface area contributed by atoms with Crippen LogP contribution in [0.1, 0.15) is 10.4 Å². The van der Waals surface area contributed by atoms with Crippen molar-refractivity contribution < 1.29 is 19.1 Å². The second-order valence-corrected chi connectivity index (χ2v) is 10.7. The van der Waals surface area contributed by atoms with Crippen LogP contribution in [0.2, 0.25) is 5.02 Å². The highest BCUT2D eigenvalue weighted by atomic mass is 79.9. The van der Waals surface area contributed by atoms with E-state index in [1.54, 1.807) is 43.5 Å². The van der Waals surface area contributed by atoms with Gasteiger partial charge in [0.2, 0.25) is 5.91 Å². The number of fused-ring (bicyclic) bond motifs is 1. The predicted molar refractivity (Wildman–Crippen MR) is 146 cm³/mol. The second-order valence-electron chi connectivity index (χ2n) is 7.15. The largest absolute Gasteiger partial charge is 0.493 e. The maximum Gasteiger partial charge on any atom is 0.255 e. The Kier molecular flexibility index (Phi) is 8.17. The van der Waals surface area contributed by atoms with E-state index in [9.17, 15) is 9.59 Å². The third-order valence-corrected chi connectivity index (χ3v) is 7.77. The van der Waals surface area contributed by atoms with Crippen LogP contribution in [0.5, 0.6) is 11.5 Å². The molecule has 0 saturated heterocycles. The first-order valence-electron chi connectivity index (χ1n) is 10.2. The van der Waals surface area contributed by atoms with Crippen LogP contribution in [-0.2, 0) is 4.79 Å². The van der Waals surface area contributed by atoms with Crippen molar-refractivity contribution in [2.45, 2.75) is 4.34 Å². The number of halogens is 2. The quantitative estimate of drug-likeness (QED) is 0.221. The van der Waals surface area contributed by atoms with Gasteiger partial charge in [-0.05, 0) is 54.6 Å². The highest BCUT2D eigenvalue weighted by Crippen LogP contribution is 2.32. The van der Waals surface area contributed by atoms with E-state index < -0.39 is 0 Å². The van der Waals surface area contributed by atoms with Crippen molar-refractivity contribution >= 4 is 84.0 Å². The molecule has 35 heavy (non-hydrogen) atoms. The fraction of sp³-hybridized carbons (Fsp3) is 0.125. The Bertz CT molecular complexity index is 1410. The van der Waals surface area contributed by atoms with Gasteiger partial charge in [0.05, 0.1) is 40.9 Å². The summed E-state index contributed by atoms with van der Waals surface area (Å²) in [4.78, 5) is 29.6. The third kappa shape index (κ3) is 6.26. The summed E-state index contributed by atoms with van der Waals surface area (Å²) >= 11 is 12.3. The first-order valence-corrected chi connectivity index (χ1v) is 13.1. The molecule has 2 N–H and O–H groups in total. The monoisotopic (exact) mass is 591 g/mol. The number of carbonyl (C=O) groups is 2. The zero-order valence-corrected chi connectivity index (χ0v) is 22.5. The molecule has 0 unspecified atom stereocenters. The lowest BCUT2D eigenvalue weighted by Gasteiger charge is -2.10. The Labute approximate surface area is 223 Å². The lowest BCUT2D eigenvalue weighted by atomic mass is 10.2. The molecule has 7 nitrogen and oxygen atoms in total. The minimum atomic E-state index is -0.271. The number of carbonyl (C=O) groups excluding carboxylic acids is 2. The van der Waals surface area contributed by atoms with Crippen LogP contribution in [0.25, 0.3) is 10.2 Å². The van der Waals surface area contributed by atoms with Crippen molar-refractivity contribution in [1.82, 2.24) is 4.98 Å². The van der Waals surface area contributed by atoms with Gasteiger partial charge in [-0.3, -0.25) is 9.59 Å². The standard InChI is InChI=1S/C24H19BrClN3O4S2/c1-32-19-8-3-13(9-20(19)33-2)23(31)27-15-5-7-18-21(11-15)35-24(29-18)34-12-22(30)28-17-6-4-14(25)10-16(17)26/h3-11H,12H2,1-2H3,(H,27,31)(H,28,30). The molecule has 1 aromatic heterocycles. The molecule has 11 heteroatoms.